The molecule has 1 saturated carbocycles. The minimum Gasteiger partial charge on any atom is -0.477 e. The number of fused-ring (bicyclic) bond motifs is 1. The first-order valence-corrected chi connectivity index (χ1v) is 9.69. The van der Waals surface area contributed by atoms with Gasteiger partial charge in [0, 0.05) is 38.4 Å². The second-order valence-corrected chi connectivity index (χ2v) is 7.56. The average Bonchev–Trinajstić information content (AvgIpc) is 3.49. The molecule has 0 radical (unpaired) electrons. The number of hydrogen-bond donors (Lipinski definition) is 1. The molecule has 8 heteroatoms. The maximum absolute atomic E-state index is 15.5. The van der Waals surface area contributed by atoms with Crippen LogP contribution in [0.3, 0.4) is 0 Å². The van der Waals surface area contributed by atoms with Crippen LogP contribution >= 0.6 is 0 Å². The minimum atomic E-state index is -1.39. The van der Waals surface area contributed by atoms with Crippen molar-refractivity contribution in [2.75, 3.05) is 37.6 Å². The molecule has 4 rings (SSSR count). The lowest BCUT2D eigenvalue weighted by Crippen LogP contribution is -2.47. The van der Waals surface area contributed by atoms with Crippen molar-refractivity contribution in [3.63, 3.8) is 0 Å². The molecule has 0 unspecified atom stereocenters. The second-order valence-electron chi connectivity index (χ2n) is 7.56. The van der Waals surface area contributed by atoms with Crippen molar-refractivity contribution >= 4 is 22.6 Å². The Balaban J connectivity index is 1.84. The van der Waals surface area contributed by atoms with Crippen LogP contribution < -0.4 is 10.3 Å². The zero-order chi connectivity index (χ0) is 20.0. The van der Waals surface area contributed by atoms with Gasteiger partial charge >= 0.3 is 5.97 Å². The summed E-state index contributed by atoms with van der Waals surface area (Å²) < 4.78 is 31.9. The summed E-state index contributed by atoms with van der Waals surface area (Å²) >= 11 is 0. The first-order valence-electron chi connectivity index (χ1n) is 9.69. The first-order chi connectivity index (χ1) is 13.4. The third kappa shape index (κ3) is 3.15. The van der Waals surface area contributed by atoms with Crippen molar-refractivity contribution in [1.29, 1.82) is 0 Å². The number of carboxylic acids is 1. The topological polar surface area (TPSA) is 65.8 Å². The molecule has 2 heterocycles. The van der Waals surface area contributed by atoms with E-state index in [0.29, 0.717) is 13.1 Å². The summed E-state index contributed by atoms with van der Waals surface area (Å²) in [6, 6.07) is 0.940. The van der Waals surface area contributed by atoms with Gasteiger partial charge in [0.15, 0.2) is 5.82 Å². The van der Waals surface area contributed by atoms with E-state index in [1.165, 1.54) is 10.8 Å². The Labute approximate surface area is 161 Å². The summed E-state index contributed by atoms with van der Waals surface area (Å²) in [5.74, 6) is -2.99. The monoisotopic (exact) mass is 391 g/mol. The number of benzene rings is 1. The fourth-order valence-corrected chi connectivity index (χ4v) is 4.03. The Morgan fingerprint density at radius 2 is 1.89 bits per heavy atom. The number of rotatable bonds is 5. The van der Waals surface area contributed by atoms with Gasteiger partial charge < -0.3 is 14.6 Å². The summed E-state index contributed by atoms with van der Waals surface area (Å²) in [5.41, 5.74) is -1.43. The number of halogens is 2. The maximum Gasteiger partial charge on any atom is 0.341 e. The zero-order valence-corrected chi connectivity index (χ0v) is 15.8. The van der Waals surface area contributed by atoms with Crippen molar-refractivity contribution in [2.45, 2.75) is 32.2 Å². The molecule has 2 aliphatic rings. The highest BCUT2D eigenvalue weighted by Crippen LogP contribution is 2.39. The Hall–Kier alpha value is -2.48. The van der Waals surface area contributed by atoms with E-state index in [-0.39, 0.29) is 22.6 Å². The predicted molar refractivity (Wildman–Crippen MR) is 102 cm³/mol. The Morgan fingerprint density at radius 3 is 2.46 bits per heavy atom. The van der Waals surface area contributed by atoms with Gasteiger partial charge in [-0.15, -0.1) is 0 Å². The number of carbonyl (C=O) groups is 1. The van der Waals surface area contributed by atoms with Gasteiger partial charge in [0.05, 0.1) is 10.9 Å². The van der Waals surface area contributed by atoms with E-state index in [4.69, 9.17) is 0 Å². The number of nitrogens with zero attached hydrogens (tertiary/aromatic N) is 3. The molecule has 1 aromatic carbocycles. The summed E-state index contributed by atoms with van der Waals surface area (Å²) in [6.07, 6.45) is 3.78. The highest BCUT2D eigenvalue weighted by atomic mass is 19.1. The lowest BCUT2D eigenvalue weighted by molar-refractivity contribution is 0.0695. The molecule has 1 saturated heterocycles. The molecule has 1 aliphatic heterocycles. The largest absolute Gasteiger partial charge is 0.477 e. The number of aromatic nitrogens is 1. The van der Waals surface area contributed by atoms with Crippen LogP contribution in [0.2, 0.25) is 0 Å². The van der Waals surface area contributed by atoms with E-state index in [1.807, 2.05) is 0 Å². The highest BCUT2D eigenvalue weighted by Gasteiger charge is 2.31. The predicted octanol–water partition coefficient (Wildman–Crippen LogP) is 2.84. The molecule has 6 nitrogen and oxygen atoms in total. The summed E-state index contributed by atoms with van der Waals surface area (Å²) in [6.45, 7) is 5.49. The molecule has 150 valence electrons. The van der Waals surface area contributed by atoms with Crippen molar-refractivity contribution in [2.24, 2.45) is 0 Å². The van der Waals surface area contributed by atoms with Crippen molar-refractivity contribution < 1.29 is 18.7 Å². The van der Waals surface area contributed by atoms with Crippen LogP contribution in [0.5, 0.6) is 0 Å². The van der Waals surface area contributed by atoms with E-state index < -0.39 is 28.6 Å². The van der Waals surface area contributed by atoms with Crippen molar-refractivity contribution in [3.05, 3.63) is 39.7 Å². The smallest absolute Gasteiger partial charge is 0.341 e. The average molecular weight is 391 g/mol. The van der Waals surface area contributed by atoms with Gasteiger partial charge in [-0.25, -0.2) is 13.6 Å². The number of aromatic carboxylic acids is 1. The number of piperazine rings is 1. The Morgan fingerprint density at radius 1 is 1.21 bits per heavy atom. The molecule has 1 aromatic heterocycles. The van der Waals surface area contributed by atoms with Crippen LogP contribution in [0.4, 0.5) is 14.5 Å². The molecule has 1 N–H and O–H groups in total. The van der Waals surface area contributed by atoms with Crippen LogP contribution in [0.1, 0.15) is 42.6 Å². The molecule has 28 heavy (non-hydrogen) atoms. The fourth-order valence-electron chi connectivity index (χ4n) is 4.03. The van der Waals surface area contributed by atoms with E-state index in [0.717, 1.165) is 45.0 Å². The molecule has 0 atom stereocenters. The lowest BCUT2D eigenvalue weighted by Gasteiger charge is -2.36. The van der Waals surface area contributed by atoms with Crippen LogP contribution in [-0.4, -0.2) is 53.3 Å². The Kier molecular flexibility index (Phi) is 4.82. The lowest BCUT2D eigenvalue weighted by atomic mass is 10.1. The van der Waals surface area contributed by atoms with Gasteiger partial charge in [-0.1, -0.05) is 6.92 Å². The minimum absolute atomic E-state index is 0.00453. The molecule has 2 aromatic rings. The van der Waals surface area contributed by atoms with Gasteiger partial charge in [-0.2, -0.15) is 0 Å². The van der Waals surface area contributed by atoms with Crippen molar-refractivity contribution in [3.8, 4) is 0 Å². The van der Waals surface area contributed by atoms with Crippen LogP contribution in [-0.2, 0) is 0 Å². The number of carboxylic acid groups (broad SMARTS) is 1. The summed E-state index contributed by atoms with van der Waals surface area (Å²) in [7, 11) is 0. The second kappa shape index (κ2) is 7.16. The number of pyridine rings is 1. The molecule has 0 bridgehead atoms. The van der Waals surface area contributed by atoms with Crippen LogP contribution in [0.25, 0.3) is 10.9 Å². The first kappa shape index (κ1) is 18.9. The molecule has 2 fully saturated rings. The van der Waals surface area contributed by atoms with Crippen molar-refractivity contribution in [1.82, 2.24) is 9.47 Å². The van der Waals surface area contributed by atoms with Gasteiger partial charge in [0.1, 0.15) is 17.1 Å². The van der Waals surface area contributed by atoms with E-state index in [1.54, 1.807) is 4.90 Å². The summed E-state index contributed by atoms with van der Waals surface area (Å²) in [4.78, 5) is 27.9. The van der Waals surface area contributed by atoms with E-state index in [2.05, 4.69) is 11.8 Å². The fraction of sp³-hybridized carbons (Fsp3) is 0.500. The normalized spacial score (nSPS) is 18.0. The molecular weight excluding hydrogens is 368 g/mol. The summed E-state index contributed by atoms with van der Waals surface area (Å²) in [5, 5.41) is 9.09. The molecular formula is C20H23F2N3O3. The third-order valence-electron chi connectivity index (χ3n) is 5.58. The van der Waals surface area contributed by atoms with Gasteiger partial charge in [0.25, 0.3) is 0 Å². The standard InChI is InChI=1S/C20H23F2N3O3/c1-2-5-23-6-8-24(9-7-23)18-15(21)10-13-17(16(18)22)25(12-3-4-12)11-14(19(13)26)20(27)28/h10-12H,2-9H2,1H3,(H,27,28). The van der Waals surface area contributed by atoms with E-state index in [9.17, 15) is 19.1 Å². The third-order valence-corrected chi connectivity index (χ3v) is 5.58. The van der Waals surface area contributed by atoms with E-state index >= 15 is 4.39 Å². The number of anilines is 1. The highest BCUT2D eigenvalue weighted by molar-refractivity contribution is 5.94. The quantitative estimate of drug-likeness (QED) is 0.849. The zero-order valence-electron chi connectivity index (χ0n) is 15.8. The number of hydrogen-bond acceptors (Lipinski definition) is 4. The van der Waals surface area contributed by atoms with Crippen LogP contribution in [0, 0.1) is 11.6 Å². The molecule has 1 aliphatic carbocycles. The molecule has 0 amide bonds. The Bertz CT molecular complexity index is 993. The SMILES string of the molecule is CCCN1CCN(c2c(F)cc3c(=O)c(C(=O)O)cn(C4CC4)c3c2F)CC1. The maximum atomic E-state index is 15.5. The van der Waals surface area contributed by atoms with Gasteiger partial charge in [-0.05, 0) is 31.9 Å². The molecule has 0 spiro atoms. The van der Waals surface area contributed by atoms with Gasteiger partial charge in [0.2, 0.25) is 5.43 Å². The van der Waals surface area contributed by atoms with Crippen LogP contribution in [0.15, 0.2) is 17.1 Å². The van der Waals surface area contributed by atoms with Gasteiger partial charge in [-0.3, -0.25) is 9.69 Å².